The van der Waals surface area contributed by atoms with Crippen molar-refractivity contribution < 1.29 is 14.1 Å². The Morgan fingerprint density at radius 2 is 1.96 bits per heavy atom. The van der Waals surface area contributed by atoms with Crippen LogP contribution in [0.15, 0.2) is 28.8 Å². The molecule has 6 nitrogen and oxygen atoms in total. The largest absolute Gasteiger partial charge is 0.489 e. The Labute approximate surface area is 155 Å². The number of aromatic nitrogens is 1. The summed E-state index contributed by atoms with van der Waals surface area (Å²) in [5, 5.41) is 6.96. The van der Waals surface area contributed by atoms with Crippen molar-refractivity contribution in [1.29, 1.82) is 0 Å². The topological polar surface area (TPSA) is 90.4 Å². The molecule has 0 aliphatic heterocycles. The molecule has 142 valence electrons. The van der Waals surface area contributed by atoms with E-state index in [9.17, 15) is 4.79 Å². The third-order valence-corrected chi connectivity index (χ3v) is 4.98. The zero-order valence-electron chi connectivity index (χ0n) is 16.3. The molecule has 1 unspecified atom stereocenters. The predicted octanol–water partition coefficient (Wildman–Crippen LogP) is 2.90. The molecule has 2 aromatic rings. The summed E-state index contributed by atoms with van der Waals surface area (Å²) < 4.78 is 10.9. The van der Waals surface area contributed by atoms with Crippen LogP contribution in [0.1, 0.15) is 43.4 Å². The third kappa shape index (κ3) is 4.85. The predicted molar refractivity (Wildman–Crippen MR) is 101 cm³/mol. The van der Waals surface area contributed by atoms with Gasteiger partial charge in [-0.15, -0.1) is 0 Å². The lowest BCUT2D eigenvalue weighted by molar-refractivity contribution is -0.122. The van der Waals surface area contributed by atoms with Gasteiger partial charge < -0.3 is 20.3 Å². The van der Waals surface area contributed by atoms with Crippen molar-refractivity contribution in [1.82, 2.24) is 10.5 Å². The summed E-state index contributed by atoms with van der Waals surface area (Å²) in [6, 6.07) is 7.53. The molecule has 6 heteroatoms. The number of nitrogens with two attached hydrogens (primary N) is 1. The van der Waals surface area contributed by atoms with Gasteiger partial charge in [-0.1, -0.05) is 31.1 Å². The lowest BCUT2D eigenvalue weighted by atomic mass is 9.88. The fraction of sp³-hybridized carbons (Fsp3) is 0.500. The van der Waals surface area contributed by atoms with E-state index in [1.54, 1.807) is 0 Å². The van der Waals surface area contributed by atoms with Gasteiger partial charge in [0.1, 0.15) is 18.1 Å². The molecule has 0 aliphatic carbocycles. The van der Waals surface area contributed by atoms with Crippen LogP contribution in [0.5, 0.6) is 5.75 Å². The Hall–Kier alpha value is -2.34. The van der Waals surface area contributed by atoms with Gasteiger partial charge in [-0.3, -0.25) is 4.79 Å². The van der Waals surface area contributed by atoms with E-state index in [2.05, 4.69) is 24.3 Å². The second-order valence-electron chi connectivity index (χ2n) is 7.24. The summed E-state index contributed by atoms with van der Waals surface area (Å²) in [6.45, 7) is 10.7. The highest BCUT2D eigenvalue weighted by Gasteiger charge is 2.28. The highest BCUT2D eigenvalue weighted by molar-refractivity contribution is 5.79. The lowest BCUT2D eigenvalue weighted by Gasteiger charge is -2.33. The van der Waals surface area contributed by atoms with Crippen LogP contribution >= 0.6 is 0 Å². The maximum atomic E-state index is 12.3. The molecule has 1 aromatic carbocycles. The van der Waals surface area contributed by atoms with Crippen LogP contribution in [-0.2, 0) is 17.8 Å². The van der Waals surface area contributed by atoms with Crippen molar-refractivity contribution in [2.45, 2.75) is 53.2 Å². The highest BCUT2D eigenvalue weighted by atomic mass is 16.5. The molecule has 3 N–H and O–H groups in total. The number of aryl methyl sites for hydroxylation is 2. The molecular formula is C20H29N3O3. The third-order valence-electron chi connectivity index (χ3n) is 4.98. The van der Waals surface area contributed by atoms with Crippen LogP contribution in [0.3, 0.4) is 0 Å². The fourth-order valence-electron chi connectivity index (χ4n) is 2.55. The van der Waals surface area contributed by atoms with Crippen molar-refractivity contribution in [3.8, 4) is 5.75 Å². The van der Waals surface area contributed by atoms with E-state index < -0.39 is 5.54 Å². The van der Waals surface area contributed by atoms with Crippen molar-refractivity contribution in [3.63, 3.8) is 0 Å². The number of nitrogens with one attached hydrogen (secondary N) is 1. The number of carbonyl (C=O) groups is 1. The zero-order chi connectivity index (χ0) is 19.3. The monoisotopic (exact) mass is 359 g/mol. The van der Waals surface area contributed by atoms with Crippen molar-refractivity contribution in [3.05, 3.63) is 46.8 Å². The quantitative estimate of drug-likeness (QED) is 0.756. The number of nitrogens with zero attached hydrogens (tertiary/aromatic N) is 1. The highest BCUT2D eigenvalue weighted by Crippen LogP contribution is 2.19. The van der Waals surface area contributed by atoms with Gasteiger partial charge in [0.25, 0.3) is 0 Å². The fourth-order valence-corrected chi connectivity index (χ4v) is 2.55. The van der Waals surface area contributed by atoms with E-state index in [1.165, 1.54) is 0 Å². The van der Waals surface area contributed by atoms with Gasteiger partial charge in [-0.2, -0.15) is 0 Å². The van der Waals surface area contributed by atoms with Gasteiger partial charge >= 0.3 is 0 Å². The molecular weight excluding hydrogens is 330 g/mol. The first-order chi connectivity index (χ1) is 12.2. The number of hydrogen-bond acceptors (Lipinski definition) is 5. The number of carbonyl (C=O) groups excluding carboxylic acids is 1. The van der Waals surface area contributed by atoms with Gasteiger partial charge in [0.15, 0.2) is 0 Å². The second kappa shape index (κ2) is 8.36. The lowest BCUT2D eigenvalue weighted by Crippen LogP contribution is -2.55. The minimum atomic E-state index is -0.394. The van der Waals surface area contributed by atoms with E-state index >= 15 is 0 Å². The van der Waals surface area contributed by atoms with Crippen LogP contribution in [0.25, 0.3) is 0 Å². The van der Waals surface area contributed by atoms with Gasteiger partial charge in [0, 0.05) is 6.54 Å². The van der Waals surface area contributed by atoms with Gasteiger partial charge in [0.05, 0.1) is 23.2 Å². The minimum Gasteiger partial charge on any atom is -0.489 e. The van der Waals surface area contributed by atoms with E-state index in [-0.39, 0.29) is 11.8 Å². The van der Waals surface area contributed by atoms with E-state index in [4.69, 9.17) is 15.0 Å². The van der Waals surface area contributed by atoms with Crippen LogP contribution in [0, 0.1) is 19.8 Å². The molecule has 0 aliphatic rings. The minimum absolute atomic E-state index is 0.0314. The number of benzene rings is 1. The Morgan fingerprint density at radius 3 is 2.46 bits per heavy atom. The van der Waals surface area contributed by atoms with Crippen molar-refractivity contribution in [2.24, 2.45) is 11.7 Å². The summed E-state index contributed by atoms with van der Waals surface area (Å²) in [5.74, 6) is 1.74. The van der Waals surface area contributed by atoms with Crippen molar-refractivity contribution in [2.75, 3.05) is 6.54 Å². The number of ether oxygens (including phenoxy) is 1. The summed E-state index contributed by atoms with van der Waals surface area (Å²) >= 11 is 0. The average Bonchev–Trinajstić information content (AvgIpc) is 2.92. The molecule has 0 saturated carbocycles. The van der Waals surface area contributed by atoms with E-state index in [1.807, 2.05) is 45.0 Å². The maximum absolute atomic E-state index is 12.3. The molecule has 0 spiro atoms. The smallest absolute Gasteiger partial charge is 0.224 e. The Bertz CT molecular complexity index is 718. The molecule has 1 atom stereocenters. The SMILES string of the molecule is Cc1noc(C)c1COc1ccc(CC(=O)NC(C)(CN)C(C)C)cc1. The summed E-state index contributed by atoms with van der Waals surface area (Å²) in [4.78, 5) is 12.3. The first-order valence-electron chi connectivity index (χ1n) is 8.89. The first-order valence-corrected chi connectivity index (χ1v) is 8.89. The number of rotatable bonds is 8. The van der Waals surface area contributed by atoms with Crippen LogP contribution in [0.4, 0.5) is 0 Å². The number of amides is 1. The Morgan fingerprint density at radius 1 is 1.31 bits per heavy atom. The first kappa shape index (κ1) is 20.0. The molecule has 0 fully saturated rings. The van der Waals surface area contributed by atoms with Crippen LogP contribution < -0.4 is 15.8 Å². The molecule has 2 rings (SSSR count). The van der Waals surface area contributed by atoms with Crippen LogP contribution in [-0.4, -0.2) is 23.1 Å². The van der Waals surface area contributed by atoms with E-state index in [0.29, 0.717) is 19.6 Å². The molecule has 1 amide bonds. The summed E-state index contributed by atoms with van der Waals surface area (Å²) in [5.41, 5.74) is 8.15. The molecule has 0 bridgehead atoms. The summed E-state index contributed by atoms with van der Waals surface area (Å²) in [6.07, 6.45) is 0.312. The molecule has 0 radical (unpaired) electrons. The summed E-state index contributed by atoms with van der Waals surface area (Å²) in [7, 11) is 0. The Balaban J connectivity index is 1.92. The average molecular weight is 359 g/mol. The van der Waals surface area contributed by atoms with Gasteiger partial charge in [-0.25, -0.2) is 0 Å². The molecule has 1 aromatic heterocycles. The standard InChI is InChI=1S/C20H29N3O3/c1-13(2)20(5,12-21)22-19(24)10-16-6-8-17(9-7-16)25-11-18-14(3)23-26-15(18)4/h6-9,13H,10-12,21H2,1-5H3,(H,22,24). The van der Waals surface area contributed by atoms with Gasteiger partial charge in [-0.05, 0) is 44.4 Å². The molecule has 0 saturated heterocycles. The zero-order valence-corrected chi connectivity index (χ0v) is 16.3. The molecule has 26 heavy (non-hydrogen) atoms. The van der Waals surface area contributed by atoms with Crippen molar-refractivity contribution >= 4 is 5.91 Å². The maximum Gasteiger partial charge on any atom is 0.224 e. The normalized spacial score (nSPS) is 13.5. The molecule has 1 heterocycles. The van der Waals surface area contributed by atoms with Crippen LogP contribution in [0.2, 0.25) is 0 Å². The number of hydrogen-bond donors (Lipinski definition) is 2. The van der Waals surface area contributed by atoms with Gasteiger partial charge in [0.2, 0.25) is 5.91 Å². The van der Waals surface area contributed by atoms with E-state index in [0.717, 1.165) is 28.3 Å². The Kier molecular flexibility index (Phi) is 6.42. The second-order valence-corrected chi connectivity index (χ2v) is 7.24.